The Kier molecular flexibility index (Phi) is 7.32. The zero-order chi connectivity index (χ0) is 26.9. The number of nitrogens with zero attached hydrogens (tertiary/aromatic N) is 6. The van der Waals surface area contributed by atoms with E-state index in [-0.39, 0.29) is 28.2 Å². The predicted molar refractivity (Wildman–Crippen MR) is 135 cm³/mol. The molecule has 192 valence electrons. The normalized spacial score (nSPS) is 12.7. The molecule has 0 radical (unpaired) electrons. The second kappa shape index (κ2) is 10.3. The molecule has 0 aliphatic carbocycles. The van der Waals surface area contributed by atoms with Gasteiger partial charge in [-0.1, -0.05) is 11.6 Å². The highest BCUT2D eigenvalue weighted by Crippen LogP contribution is 2.27. The Labute approximate surface area is 216 Å². The van der Waals surface area contributed by atoms with E-state index in [2.05, 4.69) is 24.3 Å². The number of ether oxygens (including phenoxy) is 1. The highest BCUT2D eigenvalue weighted by Gasteiger charge is 2.18. The summed E-state index contributed by atoms with van der Waals surface area (Å²) in [5.41, 5.74) is 1.74. The van der Waals surface area contributed by atoms with Gasteiger partial charge in [-0.05, 0) is 31.5 Å². The van der Waals surface area contributed by atoms with Crippen LogP contribution in [0.2, 0.25) is 5.02 Å². The van der Waals surface area contributed by atoms with Crippen molar-refractivity contribution < 1.29 is 17.7 Å². The zero-order valence-corrected chi connectivity index (χ0v) is 21.8. The Morgan fingerprint density at radius 3 is 2.57 bits per heavy atom. The molecule has 0 aliphatic rings. The first kappa shape index (κ1) is 26.3. The van der Waals surface area contributed by atoms with E-state index in [0.29, 0.717) is 34.4 Å². The van der Waals surface area contributed by atoms with E-state index in [1.54, 1.807) is 32.2 Å². The summed E-state index contributed by atoms with van der Waals surface area (Å²) in [4.78, 5) is 29.8. The molecule has 0 saturated heterocycles. The maximum absolute atomic E-state index is 13.9. The molecule has 0 fully saturated rings. The highest BCUT2D eigenvalue weighted by molar-refractivity contribution is 7.92. The average Bonchev–Trinajstić information content (AvgIpc) is 2.87. The summed E-state index contributed by atoms with van der Waals surface area (Å²) >= 11 is 6.34. The standard InChI is InChI=1S/C24H21ClF2N6O3S/c1-13-10-30-18(17-5-6-29-24(32-17)37(4,35)28-3)9-20(13)33-14(2)7-21(22(25)23(33)34)36-12-19-16(27)8-15(26)11-31-19/h5-11H,12H2,1-4H3. The summed E-state index contributed by atoms with van der Waals surface area (Å²) < 4.78 is 50.4. The lowest BCUT2D eigenvalue weighted by Crippen LogP contribution is -2.23. The molecular weight excluding hydrogens is 526 g/mol. The number of hydrogen-bond acceptors (Lipinski definition) is 8. The van der Waals surface area contributed by atoms with Crippen molar-refractivity contribution in [2.45, 2.75) is 25.6 Å². The van der Waals surface area contributed by atoms with Crippen LogP contribution in [-0.4, -0.2) is 42.0 Å². The van der Waals surface area contributed by atoms with Crippen LogP contribution < -0.4 is 10.3 Å². The van der Waals surface area contributed by atoms with Crippen molar-refractivity contribution in [1.82, 2.24) is 24.5 Å². The fraction of sp³-hybridized carbons (Fsp3) is 0.208. The van der Waals surface area contributed by atoms with Gasteiger partial charge >= 0.3 is 0 Å². The van der Waals surface area contributed by atoms with Gasteiger partial charge < -0.3 is 4.74 Å². The van der Waals surface area contributed by atoms with E-state index >= 15 is 0 Å². The van der Waals surface area contributed by atoms with Crippen molar-refractivity contribution in [1.29, 1.82) is 0 Å². The molecule has 0 spiro atoms. The van der Waals surface area contributed by atoms with E-state index in [1.165, 1.54) is 30.1 Å². The third-order valence-electron chi connectivity index (χ3n) is 5.45. The molecule has 0 amide bonds. The third kappa shape index (κ3) is 5.35. The highest BCUT2D eigenvalue weighted by atomic mass is 35.5. The van der Waals surface area contributed by atoms with Crippen LogP contribution in [0.4, 0.5) is 8.78 Å². The topological polar surface area (TPSA) is 112 Å². The minimum Gasteiger partial charge on any atom is -0.485 e. The SMILES string of the molecule is CN=S(C)(=O)c1nccc(-c2cc(-n3c(C)cc(OCc4ncc(F)cc4F)c(Cl)c3=O)c(C)cn2)n1. The van der Waals surface area contributed by atoms with E-state index in [0.717, 1.165) is 6.20 Å². The molecule has 4 aromatic rings. The number of aromatic nitrogens is 5. The summed E-state index contributed by atoms with van der Waals surface area (Å²) in [7, 11) is -1.33. The minimum atomic E-state index is -2.76. The van der Waals surface area contributed by atoms with Gasteiger partial charge in [-0.3, -0.25) is 19.3 Å². The van der Waals surface area contributed by atoms with Gasteiger partial charge in [0, 0.05) is 43.5 Å². The molecule has 4 aromatic heterocycles. The van der Waals surface area contributed by atoms with E-state index in [1.807, 2.05) is 0 Å². The molecule has 0 bridgehead atoms. The van der Waals surface area contributed by atoms with Crippen molar-refractivity contribution in [2.24, 2.45) is 4.36 Å². The van der Waals surface area contributed by atoms with Gasteiger partial charge in [0.25, 0.3) is 5.56 Å². The summed E-state index contributed by atoms with van der Waals surface area (Å²) in [6, 6.07) is 5.49. The summed E-state index contributed by atoms with van der Waals surface area (Å²) in [6.45, 7) is 3.10. The number of hydrogen-bond donors (Lipinski definition) is 0. The zero-order valence-electron chi connectivity index (χ0n) is 20.2. The number of rotatable bonds is 6. The summed E-state index contributed by atoms with van der Waals surface area (Å²) in [5, 5.41) is -0.160. The molecule has 0 aliphatic heterocycles. The number of aryl methyl sites for hydroxylation is 2. The molecular formula is C24H21ClF2N6O3S. The largest absolute Gasteiger partial charge is 0.485 e. The molecule has 0 saturated carbocycles. The molecule has 9 nitrogen and oxygen atoms in total. The van der Waals surface area contributed by atoms with Crippen LogP contribution in [0.25, 0.3) is 17.1 Å². The smallest absolute Gasteiger partial charge is 0.277 e. The van der Waals surface area contributed by atoms with Crippen molar-refractivity contribution >= 4 is 21.3 Å². The summed E-state index contributed by atoms with van der Waals surface area (Å²) in [5.74, 6) is -1.66. The maximum atomic E-state index is 13.9. The quantitative estimate of drug-likeness (QED) is 0.331. The monoisotopic (exact) mass is 546 g/mol. The Bertz CT molecular complexity index is 1700. The van der Waals surface area contributed by atoms with Crippen molar-refractivity contribution in [2.75, 3.05) is 13.3 Å². The molecule has 13 heteroatoms. The Morgan fingerprint density at radius 2 is 1.86 bits per heavy atom. The number of pyridine rings is 3. The van der Waals surface area contributed by atoms with E-state index < -0.39 is 26.9 Å². The lowest BCUT2D eigenvalue weighted by molar-refractivity contribution is 0.292. The van der Waals surface area contributed by atoms with Crippen LogP contribution in [0.15, 0.2) is 57.2 Å². The van der Waals surface area contributed by atoms with Crippen LogP contribution in [-0.2, 0) is 16.3 Å². The van der Waals surface area contributed by atoms with Crippen molar-refractivity contribution in [3.8, 4) is 22.8 Å². The molecule has 0 aromatic carbocycles. The van der Waals surface area contributed by atoms with Crippen LogP contribution in [0, 0.1) is 25.5 Å². The molecule has 0 N–H and O–H groups in total. The Morgan fingerprint density at radius 1 is 1.11 bits per heavy atom. The lowest BCUT2D eigenvalue weighted by atomic mass is 10.1. The van der Waals surface area contributed by atoms with Crippen LogP contribution in [0.5, 0.6) is 5.75 Å². The Hall–Kier alpha value is -3.77. The van der Waals surface area contributed by atoms with Gasteiger partial charge in [0.15, 0.2) is 5.82 Å². The van der Waals surface area contributed by atoms with Crippen molar-refractivity contribution in [3.05, 3.63) is 86.8 Å². The third-order valence-corrected chi connectivity index (χ3v) is 7.37. The molecule has 4 heterocycles. The second-order valence-corrected chi connectivity index (χ2v) is 10.8. The average molecular weight is 547 g/mol. The lowest BCUT2D eigenvalue weighted by Gasteiger charge is -2.16. The number of halogens is 3. The van der Waals surface area contributed by atoms with E-state index in [4.69, 9.17) is 16.3 Å². The van der Waals surface area contributed by atoms with Crippen LogP contribution in [0.1, 0.15) is 17.0 Å². The fourth-order valence-corrected chi connectivity index (χ4v) is 4.30. The van der Waals surface area contributed by atoms with Gasteiger partial charge in [-0.15, -0.1) is 0 Å². The second-order valence-electron chi connectivity index (χ2n) is 8.04. The van der Waals surface area contributed by atoms with Gasteiger partial charge in [0.2, 0.25) is 5.16 Å². The van der Waals surface area contributed by atoms with Crippen LogP contribution >= 0.6 is 11.6 Å². The first-order valence-electron chi connectivity index (χ1n) is 10.8. The molecule has 1 atom stereocenters. The van der Waals surface area contributed by atoms with E-state index in [9.17, 15) is 17.8 Å². The molecule has 4 rings (SSSR count). The van der Waals surface area contributed by atoms with Crippen LogP contribution in [0.3, 0.4) is 0 Å². The van der Waals surface area contributed by atoms with Gasteiger partial charge in [0.1, 0.15) is 38.6 Å². The molecule has 1 unspecified atom stereocenters. The first-order chi connectivity index (χ1) is 17.5. The van der Waals surface area contributed by atoms with Gasteiger partial charge in [-0.2, -0.15) is 0 Å². The predicted octanol–water partition coefficient (Wildman–Crippen LogP) is 4.30. The van der Waals surface area contributed by atoms with Gasteiger partial charge in [0.05, 0.1) is 23.3 Å². The fourth-order valence-electron chi connectivity index (χ4n) is 3.42. The van der Waals surface area contributed by atoms with Gasteiger partial charge in [-0.25, -0.2) is 27.3 Å². The minimum absolute atomic E-state index is 0.0272. The Balaban J connectivity index is 1.73. The molecule has 37 heavy (non-hydrogen) atoms. The first-order valence-corrected chi connectivity index (χ1v) is 13.1. The van der Waals surface area contributed by atoms with Crippen molar-refractivity contribution in [3.63, 3.8) is 0 Å². The summed E-state index contributed by atoms with van der Waals surface area (Å²) in [6.07, 6.45) is 5.35. The maximum Gasteiger partial charge on any atom is 0.277 e.